The number of benzene rings is 2. The van der Waals surface area contributed by atoms with Crippen LogP contribution in [0, 0.1) is 6.92 Å². The molecular weight excluding hydrogens is 466 g/mol. The summed E-state index contributed by atoms with van der Waals surface area (Å²) in [7, 11) is 1.48. The van der Waals surface area contributed by atoms with Gasteiger partial charge in [-0.3, -0.25) is 9.59 Å². The summed E-state index contributed by atoms with van der Waals surface area (Å²) in [5.74, 6) is 1.15. The van der Waals surface area contributed by atoms with Gasteiger partial charge in [0, 0.05) is 23.0 Å². The lowest BCUT2D eigenvalue weighted by atomic mass is 10.0. The molecule has 3 aromatic rings. The minimum Gasteiger partial charge on any atom is -0.479 e. The molecule has 0 saturated heterocycles. The number of halogens is 1. The van der Waals surface area contributed by atoms with Crippen LogP contribution < -0.4 is 14.2 Å². The molecule has 0 fully saturated rings. The molecule has 0 unspecified atom stereocenters. The van der Waals surface area contributed by atoms with Crippen LogP contribution in [-0.2, 0) is 11.2 Å². The van der Waals surface area contributed by atoms with Gasteiger partial charge in [-0.15, -0.1) is 0 Å². The van der Waals surface area contributed by atoms with Crippen molar-refractivity contribution in [1.29, 1.82) is 0 Å². The highest BCUT2D eigenvalue weighted by Gasteiger charge is 2.30. The number of hydrogen-bond donors (Lipinski definition) is 0. The number of aromatic nitrogens is 1. The molecule has 0 saturated carbocycles. The largest absolute Gasteiger partial charge is 0.479 e. The number of methoxy groups -OCH3 is 1. The smallest absolute Gasteiger partial charge is 0.311 e. The number of hydrogen-bond acceptors (Lipinski definition) is 7. The predicted octanol–water partition coefficient (Wildman–Crippen LogP) is 4.91. The number of nitrogens with zero attached hydrogens (tertiary/aromatic N) is 1. The van der Waals surface area contributed by atoms with E-state index in [-0.39, 0.29) is 18.0 Å². The zero-order valence-electron chi connectivity index (χ0n) is 16.8. The summed E-state index contributed by atoms with van der Waals surface area (Å²) >= 11 is 3.38. The summed E-state index contributed by atoms with van der Waals surface area (Å²) in [6.45, 7) is 1.78. The van der Waals surface area contributed by atoms with E-state index in [0.717, 1.165) is 10.0 Å². The van der Waals surface area contributed by atoms with Crippen LogP contribution in [-0.4, -0.2) is 24.0 Å². The molecule has 0 aliphatic carbocycles. The Morgan fingerprint density at radius 1 is 1.19 bits per heavy atom. The molecule has 7 nitrogen and oxygen atoms in total. The minimum atomic E-state index is -0.440. The Balaban J connectivity index is 1.45. The van der Waals surface area contributed by atoms with E-state index < -0.39 is 5.97 Å². The van der Waals surface area contributed by atoms with Crippen molar-refractivity contribution < 1.29 is 28.3 Å². The number of rotatable bonds is 6. The molecule has 2 aromatic carbocycles. The summed E-state index contributed by atoms with van der Waals surface area (Å²) in [5, 5.41) is 3.69. The third-order valence-electron chi connectivity index (χ3n) is 4.67. The van der Waals surface area contributed by atoms with Crippen LogP contribution in [0.5, 0.6) is 17.4 Å². The molecule has 8 heteroatoms. The van der Waals surface area contributed by atoms with Gasteiger partial charge in [-0.1, -0.05) is 28.1 Å². The van der Waals surface area contributed by atoms with Crippen molar-refractivity contribution in [2.45, 2.75) is 19.8 Å². The number of aryl methyl sites for hydroxylation is 2. The fourth-order valence-electron chi connectivity index (χ4n) is 3.16. The third kappa shape index (κ3) is 4.69. The summed E-state index contributed by atoms with van der Waals surface area (Å²) in [5.41, 5.74) is 1.98. The summed E-state index contributed by atoms with van der Waals surface area (Å²) in [6, 6.07) is 12.3. The molecule has 0 spiro atoms. The molecule has 31 heavy (non-hydrogen) atoms. The molecule has 0 atom stereocenters. The van der Waals surface area contributed by atoms with E-state index in [2.05, 4.69) is 21.1 Å². The number of ether oxygens (including phenoxy) is 3. The Labute approximate surface area is 186 Å². The van der Waals surface area contributed by atoms with Gasteiger partial charge in [0.1, 0.15) is 17.3 Å². The number of ketones is 1. The predicted molar refractivity (Wildman–Crippen MR) is 115 cm³/mol. The summed E-state index contributed by atoms with van der Waals surface area (Å²) in [4.78, 5) is 25.0. The van der Waals surface area contributed by atoms with Gasteiger partial charge >= 0.3 is 5.97 Å². The van der Waals surface area contributed by atoms with Gasteiger partial charge in [-0.05, 0) is 47.5 Å². The van der Waals surface area contributed by atoms with Crippen LogP contribution in [0.25, 0.3) is 6.08 Å². The van der Waals surface area contributed by atoms with Gasteiger partial charge in [0.15, 0.2) is 5.76 Å². The molecule has 0 radical (unpaired) electrons. The van der Waals surface area contributed by atoms with E-state index in [4.69, 9.17) is 18.7 Å². The third-order valence-corrected chi connectivity index (χ3v) is 5.19. The highest BCUT2D eigenvalue weighted by atomic mass is 79.9. The van der Waals surface area contributed by atoms with Crippen LogP contribution in [0.4, 0.5) is 0 Å². The summed E-state index contributed by atoms with van der Waals surface area (Å²) < 4.78 is 22.2. The Morgan fingerprint density at radius 2 is 1.97 bits per heavy atom. The lowest BCUT2D eigenvalue weighted by molar-refractivity contribution is -0.134. The first-order valence-corrected chi connectivity index (χ1v) is 10.3. The van der Waals surface area contributed by atoms with Crippen LogP contribution in [0.1, 0.15) is 33.7 Å². The van der Waals surface area contributed by atoms with Crippen molar-refractivity contribution in [3.05, 3.63) is 75.1 Å². The number of carbonyl (C=O) groups excluding carboxylic acids is 2. The number of esters is 1. The number of allylic oxidation sites excluding steroid dienone is 1. The van der Waals surface area contributed by atoms with Crippen molar-refractivity contribution in [2.24, 2.45) is 0 Å². The molecule has 1 aromatic heterocycles. The topological polar surface area (TPSA) is 87.9 Å². The quantitative estimate of drug-likeness (QED) is 0.279. The second-order valence-electron chi connectivity index (χ2n) is 6.91. The lowest BCUT2D eigenvalue weighted by Gasteiger charge is -2.07. The second kappa shape index (κ2) is 8.77. The molecule has 1 aliphatic rings. The molecule has 0 amide bonds. The summed E-state index contributed by atoms with van der Waals surface area (Å²) in [6.07, 6.45) is 2.11. The fraction of sp³-hybridized carbons (Fsp3) is 0.174. The Hall–Kier alpha value is -3.39. The van der Waals surface area contributed by atoms with Crippen LogP contribution in [0.15, 0.2) is 57.2 Å². The Morgan fingerprint density at radius 3 is 2.68 bits per heavy atom. The van der Waals surface area contributed by atoms with Crippen molar-refractivity contribution in [1.82, 2.24) is 5.16 Å². The van der Waals surface area contributed by atoms with Crippen molar-refractivity contribution in [3.63, 3.8) is 0 Å². The van der Waals surface area contributed by atoms with Gasteiger partial charge in [0.25, 0.3) is 5.88 Å². The maximum Gasteiger partial charge on any atom is 0.311 e. The first-order valence-electron chi connectivity index (χ1n) is 9.47. The van der Waals surface area contributed by atoms with E-state index in [0.29, 0.717) is 40.7 Å². The molecular formula is C23H18BrNO6. The standard InChI is InChI=1S/C23H18BrNO6/c1-13-9-17(29-21(26)8-7-16-12-20(28-2)25-31-16)11-18-22(13)23(27)19(30-18)10-14-3-5-15(24)6-4-14/h3-6,9-12H,7-8H2,1-2H3/b19-10-. The van der Waals surface area contributed by atoms with E-state index in [1.165, 1.54) is 7.11 Å². The fourth-order valence-corrected chi connectivity index (χ4v) is 3.43. The maximum absolute atomic E-state index is 12.8. The van der Waals surface area contributed by atoms with Crippen LogP contribution in [0.2, 0.25) is 0 Å². The average molecular weight is 484 g/mol. The first-order chi connectivity index (χ1) is 14.9. The zero-order chi connectivity index (χ0) is 22.0. The highest BCUT2D eigenvalue weighted by Crippen LogP contribution is 2.37. The molecule has 0 bridgehead atoms. The molecule has 158 valence electrons. The lowest BCUT2D eigenvalue weighted by Crippen LogP contribution is -2.09. The second-order valence-corrected chi connectivity index (χ2v) is 7.83. The van der Waals surface area contributed by atoms with Gasteiger partial charge < -0.3 is 18.7 Å². The molecule has 2 heterocycles. The van der Waals surface area contributed by atoms with E-state index in [1.54, 1.807) is 31.2 Å². The minimum absolute atomic E-state index is 0.100. The van der Waals surface area contributed by atoms with E-state index in [9.17, 15) is 9.59 Å². The number of carbonyl (C=O) groups is 2. The maximum atomic E-state index is 12.8. The zero-order valence-corrected chi connectivity index (χ0v) is 18.4. The number of Topliss-reactive ketones (excluding diaryl/α,β-unsaturated/α-hetero) is 1. The van der Waals surface area contributed by atoms with Crippen LogP contribution >= 0.6 is 15.9 Å². The Bertz CT molecular complexity index is 1180. The van der Waals surface area contributed by atoms with Gasteiger partial charge in [-0.25, -0.2) is 0 Å². The van der Waals surface area contributed by atoms with Gasteiger partial charge in [0.2, 0.25) is 5.78 Å². The number of fused-ring (bicyclic) bond motifs is 1. The van der Waals surface area contributed by atoms with Gasteiger partial charge in [0.05, 0.1) is 19.1 Å². The monoisotopic (exact) mass is 483 g/mol. The first kappa shape index (κ1) is 20.9. The van der Waals surface area contributed by atoms with E-state index in [1.807, 2.05) is 24.3 Å². The normalized spacial score (nSPS) is 13.8. The Kier molecular flexibility index (Phi) is 5.90. The average Bonchev–Trinajstić information content (AvgIpc) is 3.33. The molecule has 0 N–H and O–H groups in total. The van der Waals surface area contributed by atoms with Crippen molar-refractivity contribution in [3.8, 4) is 17.4 Å². The van der Waals surface area contributed by atoms with Crippen molar-refractivity contribution >= 4 is 33.8 Å². The van der Waals surface area contributed by atoms with Crippen LogP contribution in [0.3, 0.4) is 0 Å². The van der Waals surface area contributed by atoms with E-state index >= 15 is 0 Å². The van der Waals surface area contributed by atoms with Gasteiger partial charge in [-0.2, -0.15) is 0 Å². The molecule has 1 aliphatic heterocycles. The highest BCUT2D eigenvalue weighted by molar-refractivity contribution is 9.10. The SMILES string of the molecule is COc1cc(CCC(=O)Oc2cc(C)c3c(c2)O/C(=C\c2ccc(Br)cc2)C3=O)on1. The molecule has 4 rings (SSSR count). The van der Waals surface area contributed by atoms with Crippen molar-refractivity contribution in [2.75, 3.05) is 7.11 Å².